The first kappa shape index (κ1) is 16.6. The highest BCUT2D eigenvalue weighted by molar-refractivity contribution is 6.30. The van der Waals surface area contributed by atoms with Crippen LogP contribution in [0.15, 0.2) is 53.9 Å². The number of hydrogen-bond donors (Lipinski definition) is 1. The summed E-state index contributed by atoms with van der Waals surface area (Å²) in [4.78, 5) is 26.5. The van der Waals surface area contributed by atoms with Crippen molar-refractivity contribution < 1.29 is 9.72 Å². The number of nitro benzene ring substituents is 1. The molecule has 9 heteroatoms. The fourth-order valence-electron chi connectivity index (χ4n) is 2.20. The van der Waals surface area contributed by atoms with Crippen LogP contribution >= 0.6 is 11.6 Å². The molecule has 1 amide bonds. The van der Waals surface area contributed by atoms with Gasteiger partial charge in [-0.2, -0.15) is 5.10 Å². The van der Waals surface area contributed by atoms with Crippen molar-refractivity contribution >= 4 is 40.4 Å². The lowest BCUT2D eigenvalue weighted by atomic mass is 10.2. The third kappa shape index (κ3) is 3.99. The highest BCUT2D eigenvalue weighted by Gasteiger charge is 2.11. The first-order valence-corrected chi connectivity index (χ1v) is 7.57. The normalized spacial score (nSPS) is 11.1. The van der Waals surface area contributed by atoms with Crippen LogP contribution in [0.3, 0.4) is 0 Å². The molecular weight excluding hydrogens is 346 g/mol. The van der Waals surface area contributed by atoms with Crippen LogP contribution < -0.4 is 5.43 Å². The SMILES string of the molecule is O=C(Cn1cnc2ccc([N+](=O)[O-])cc21)NN=Cc1ccc(Cl)cc1. The van der Waals surface area contributed by atoms with Crippen LogP contribution in [0.4, 0.5) is 5.69 Å². The lowest BCUT2D eigenvalue weighted by Gasteiger charge is -2.03. The van der Waals surface area contributed by atoms with Crippen LogP contribution in [-0.4, -0.2) is 26.6 Å². The lowest BCUT2D eigenvalue weighted by molar-refractivity contribution is -0.384. The highest BCUT2D eigenvalue weighted by Crippen LogP contribution is 2.19. The zero-order chi connectivity index (χ0) is 17.8. The number of non-ortho nitro benzene ring substituents is 1. The second-order valence-electron chi connectivity index (χ2n) is 5.15. The molecule has 2 aromatic carbocycles. The molecule has 0 aliphatic carbocycles. The fourth-order valence-corrected chi connectivity index (χ4v) is 2.33. The Morgan fingerprint density at radius 1 is 1.32 bits per heavy atom. The van der Waals surface area contributed by atoms with Crippen molar-refractivity contribution in [3.05, 3.63) is 69.5 Å². The largest absolute Gasteiger partial charge is 0.321 e. The standard InChI is InChI=1S/C16H12ClN5O3/c17-12-3-1-11(2-4-12)8-19-20-16(23)9-21-10-18-14-6-5-13(22(24)25)7-15(14)21/h1-8,10H,9H2,(H,20,23). The summed E-state index contributed by atoms with van der Waals surface area (Å²) < 4.78 is 1.52. The molecular formula is C16H12ClN5O3. The first-order chi connectivity index (χ1) is 12.0. The van der Waals surface area contributed by atoms with E-state index in [0.717, 1.165) is 5.56 Å². The van der Waals surface area contributed by atoms with Gasteiger partial charge >= 0.3 is 0 Å². The molecule has 0 aliphatic heterocycles. The number of halogens is 1. The van der Waals surface area contributed by atoms with Crippen LogP contribution in [0.5, 0.6) is 0 Å². The molecule has 3 rings (SSSR count). The molecule has 0 spiro atoms. The summed E-state index contributed by atoms with van der Waals surface area (Å²) in [5.41, 5.74) is 4.20. The van der Waals surface area contributed by atoms with Gasteiger partial charge in [-0.05, 0) is 23.8 Å². The maximum atomic E-state index is 12.0. The Kier molecular flexibility index (Phi) is 4.71. The number of fused-ring (bicyclic) bond motifs is 1. The van der Waals surface area contributed by atoms with E-state index in [1.54, 1.807) is 30.3 Å². The molecule has 0 unspecified atom stereocenters. The van der Waals surface area contributed by atoms with Gasteiger partial charge < -0.3 is 4.57 Å². The Balaban J connectivity index is 1.68. The number of nitrogens with one attached hydrogen (secondary N) is 1. The number of imidazole rings is 1. The number of amides is 1. The van der Waals surface area contributed by atoms with Gasteiger partial charge in [-0.25, -0.2) is 10.4 Å². The van der Waals surface area contributed by atoms with Gasteiger partial charge in [-0.15, -0.1) is 0 Å². The van der Waals surface area contributed by atoms with E-state index in [-0.39, 0.29) is 18.1 Å². The number of aromatic nitrogens is 2. The van der Waals surface area contributed by atoms with Crippen LogP contribution in [-0.2, 0) is 11.3 Å². The van der Waals surface area contributed by atoms with Crippen molar-refractivity contribution in [3.8, 4) is 0 Å². The topological polar surface area (TPSA) is 102 Å². The van der Waals surface area contributed by atoms with E-state index >= 15 is 0 Å². The summed E-state index contributed by atoms with van der Waals surface area (Å²) in [7, 11) is 0. The number of rotatable bonds is 5. The van der Waals surface area contributed by atoms with Crippen molar-refractivity contribution in [1.29, 1.82) is 0 Å². The van der Waals surface area contributed by atoms with Crippen LogP contribution in [0.25, 0.3) is 11.0 Å². The van der Waals surface area contributed by atoms with E-state index in [4.69, 9.17) is 11.6 Å². The quantitative estimate of drug-likeness (QED) is 0.431. The molecule has 3 aromatic rings. The molecule has 0 radical (unpaired) electrons. The second-order valence-corrected chi connectivity index (χ2v) is 5.58. The monoisotopic (exact) mass is 357 g/mol. The molecule has 25 heavy (non-hydrogen) atoms. The number of carbonyl (C=O) groups excluding carboxylic acids is 1. The number of benzene rings is 2. The molecule has 0 saturated heterocycles. The Morgan fingerprint density at radius 3 is 2.80 bits per heavy atom. The van der Waals surface area contributed by atoms with Crippen LogP contribution in [0.1, 0.15) is 5.56 Å². The predicted molar refractivity (Wildman–Crippen MR) is 93.6 cm³/mol. The molecule has 8 nitrogen and oxygen atoms in total. The van der Waals surface area contributed by atoms with Crippen molar-refractivity contribution in [2.45, 2.75) is 6.54 Å². The molecule has 1 heterocycles. The highest BCUT2D eigenvalue weighted by atomic mass is 35.5. The molecule has 0 aliphatic rings. The Bertz CT molecular complexity index is 966. The minimum atomic E-state index is -0.493. The minimum Gasteiger partial charge on any atom is -0.321 e. The maximum Gasteiger partial charge on any atom is 0.271 e. The van der Waals surface area contributed by atoms with Crippen molar-refractivity contribution in [2.75, 3.05) is 0 Å². The summed E-state index contributed by atoms with van der Waals surface area (Å²) in [6, 6.07) is 11.3. The van der Waals surface area contributed by atoms with E-state index in [2.05, 4.69) is 15.5 Å². The molecule has 1 aromatic heterocycles. The van der Waals surface area contributed by atoms with E-state index < -0.39 is 4.92 Å². The van der Waals surface area contributed by atoms with Gasteiger partial charge in [0.25, 0.3) is 11.6 Å². The predicted octanol–water partition coefficient (Wildman–Crippen LogP) is 2.75. The average molecular weight is 358 g/mol. The fraction of sp³-hybridized carbons (Fsp3) is 0.0625. The molecule has 126 valence electrons. The maximum absolute atomic E-state index is 12.0. The Morgan fingerprint density at radius 2 is 2.08 bits per heavy atom. The van der Waals surface area contributed by atoms with Crippen LogP contribution in [0.2, 0.25) is 5.02 Å². The van der Waals surface area contributed by atoms with Crippen LogP contribution in [0, 0.1) is 10.1 Å². The Hall–Kier alpha value is -3.26. The second kappa shape index (κ2) is 7.10. The number of hydrogen-bond acceptors (Lipinski definition) is 5. The minimum absolute atomic E-state index is 0.0598. The van der Waals surface area contributed by atoms with Gasteiger partial charge in [-0.3, -0.25) is 14.9 Å². The lowest BCUT2D eigenvalue weighted by Crippen LogP contribution is -2.22. The number of carbonyl (C=O) groups is 1. The van der Waals surface area contributed by atoms with Gasteiger partial charge in [0, 0.05) is 17.2 Å². The number of nitrogens with zero attached hydrogens (tertiary/aromatic N) is 4. The van der Waals surface area contributed by atoms with Gasteiger partial charge in [0.05, 0.1) is 28.5 Å². The summed E-state index contributed by atoms with van der Waals surface area (Å²) in [5, 5.41) is 15.3. The zero-order valence-corrected chi connectivity index (χ0v) is 13.6. The summed E-state index contributed by atoms with van der Waals surface area (Å²) in [6.45, 7) is -0.0599. The van der Waals surface area contributed by atoms with Gasteiger partial charge in [0.2, 0.25) is 0 Å². The van der Waals surface area contributed by atoms with Gasteiger partial charge in [-0.1, -0.05) is 23.7 Å². The van der Waals surface area contributed by atoms with E-state index in [9.17, 15) is 14.9 Å². The van der Waals surface area contributed by atoms with E-state index in [1.165, 1.54) is 29.2 Å². The van der Waals surface area contributed by atoms with Crippen molar-refractivity contribution in [3.63, 3.8) is 0 Å². The van der Waals surface area contributed by atoms with Crippen molar-refractivity contribution in [1.82, 2.24) is 15.0 Å². The molecule has 0 bridgehead atoms. The number of hydrazone groups is 1. The third-order valence-electron chi connectivity index (χ3n) is 3.40. The molecule has 0 saturated carbocycles. The number of nitro groups is 1. The summed E-state index contributed by atoms with van der Waals surface area (Å²) in [5.74, 6) is -0.379. The van der Waals surface area contributed by atoms with Gasteiger partial charge in [0.15, 0.2) is 0 Å². The smallest absolute Gasteiger partial charge is 0.271 e. The zero-order valence-electron chi connectivity index (χ0n) is 12.8. The Labute approximate surface area is 146 Å². The van der Waals surface area contributed by atoms with Crippen molar-refractivity contribution in [2.24, 2.45) is 5.10 Å². The van der Waals surface area contributed by atoms with E-state index in [0.29, 0.717) is 16.1 Å². The summed E-state index contributed by atoms with van der Waals surface area (Å²) in [6.07, 6.45) is 2.95. The van der Waals surface area contributed by atoms with E-state index in [1.807, 2.05) is 0 Å². The third-order valence-corrected chi connectivity index (χ3v) is 3.65. The average Bonchev–Trinajstić information content (AvgIpc) is 2.99. The molecule has 0 fully saturated rings. The summed E-state index contributed by atoms with van der Waals surface area (Å²) >= 11 is 5.79. The molecule has 0 atom stereocenters. The first-order valence-electron chi connectivity index (χ1n) is 7.20. The molecule has 1 N–H and O–H groups in total. The van der Waals surface area contributed by atoms with Gasteiger partial charge in [0.1, 0.15) is 6.54 Å².